The summed E-state index contributed by atoms with van der Waals surface area (Å²) in [6.07, 6.45) is 3.37. The van der Waals surface area contributed by atoms with E-state index in [1.807, 2.05) is 31.2 Å². The van der Waals surface area contributed by atoms with Crippen molar-refractivity contribution >= 4 is 21.8 Å². The Hall–Kier alpha value is -0.870. The van der Waals surface area contributed by atoms with Crippen molar-refractivity contribution in [3.8, 4) is 0 Å². The van der Waals surface area contributed by atoms with Gasteiger partial charge in [0.1, 0.15) is 0 Å². The van der Waals surface area contributed by atoms with E-state index in [-0.39, 0.29) is 17.9 Å². The summed E-state index contributed by atoms with van der Waals surface area (Å²) in [6, 6.07) is 9.06. The van der Waals surface area contributed by atoms with Crippen LogP contribution in [0.15, 0.2) is 28.7 Å². The first-order valence-corrected chi connectivity index (χ1v) is 7.75. The molecule has 3 nitrogen and oxygen atoms in total. The predicted octanol–water partition coefficient (Wildman–Crippen LogP) is 2.77. The van der Waals surface area contributed by atoms with Crippen LogP contribution in [-0.4, -0.2) is 18.0 Å². The first-order valence-electron chi connectivity index (χ1n) is 6.96. The highest BCUT2D eigenvalue weighted by Gasteiger charge is 2.42. The lowest BCUT2D eigenvalue weighted by Gasteiger charge is -2.23. The van der Waals surface area contributed by atoms with Crippen LogP contribution in [0.2, 0.25) is 0 Å². The lowest BCUT2D eigenvalue weighted by atomic mass is 9.88. The van der Waals surface area contributed by atoms with Gasteiger partial charge in [0.05, 0.1) is 12.0 Å². The van der Waals surface area contributed by atoms with E-state index in [9.17, 15) is 4.79 Å². The molecule has 2 aliphatic rings. The highest BCUT2D eigenvalue weighted by atomic mass is 79.9. The van der Waals surface area contributed by atoms with E-state index < -0.39 is 0 Å². The number of fused-ring (bicyclic) bond motifs is 2. The van der Waals surface area contributed by atoms with Gasteiger partial charge in [0.25, 0.3) is 0 Å². The minimum atomic E-state index is 0.0437. The van der Waals surface area contributed by atoms with E-state index in [2.05, 4.69) is 26.6 Å². The van der Waals surface area contributed by atoms with Crippen molar-refractivity contribution < 1.29 is 4.79 Å². The zero-order chi connectivity index (χ0) is 13.4. The Bertz CT molecular complexity index is 491. The van der Waals surface area contributed by atoms with Crippen LogP contribution in [0.3, 0.4) is 0 Å². The fourth-order valence-electron chi connectivity index (χ4n) is 3.34. The predicted molar refractivity (Wildman–Crippen MR) is 78.8 cm³/mol. The molecule has 2 bridgehead atoms. The van der Waals surface area contributed by atoms with Gasteiger partial charge >= 0.3 is 0 Å². The van der Waals surface area contributed by atoms with E-state index in [1.165, 1.54) is 6.42 Å². The van der Waals surface area contributed by atoms with Gasteiger partial charge in [-0.2, -0.15) is 0 Å². The number of nitrogens with one attached hydrogen (secondary N) is 2. The van der Waals surface area contributed by atoms with Crippen molar-refractivity contribution in [1.29, 1.82) is 0 Å². The van der Waals surface area contributed by atoms with Crippen LogP contribution < -0.4 is 10.6 Å². The molecule has 2 aliphatic heterocycles. The van der Waals surface area contributed by atoms with Crippen molar-refractivity contribution in [1.82, 2.24) is 10.6 Å². The molecule has 19 heavy (non-hydrogen) atoms. The molecule has 3 rings (SSSR count). The molecule has 4 atom stereocenters. The van der Waals surface area contributed by atoms with Crippen LogP contribution in [0.5, 0.6) is 0 Å². The highest BCUT2D eigenvalue weighted by molar-refractivity contribution is 9.10. The van der Waals surface area contributed by atoms with Gasteiger partial charge in [0.2, 0.25) is 5.91 Å². The molecule has 2 N–H and O–H groups in total. The second-order valence-electron chi connectivity index (χ2n) is 5.64. The van der Waals surface area contributed by atoms with Crippen LogP contribution in [0.1, 0.15) is 37.8 Å². The maximum absolute atomic E-state index is 12.4. The maximum atomic E-state index is 12.4. The number of amides is 1. The molecule has 102 valence electrons. The number of rotatable bonds is 3. The Labute approximate surface area is 122 Å². The van der Waals surface area contributed by atoms with Crippen molar-refractivity contribution in [2.75, 3.05) is 0 Å². The van der Waals surface area contributed by atoms with Crippen LogP contribution in [0.25, 0.3) is 0 Å². The molecule has 2 saturated heterocycles. The molecule has 4 unspecified atom stereocenters. The summed E-state index contributed by atoms with van der Waals surface area (Å²) in [7, 11) is 0. The summed E-state index contributed by atoms with van der Waals surface area (Å²) >= 11 is 3.54. The molecule has 4 heteroatoms. The molecule has 0 radical (unpaired) electrons. The van der Waals surface area contributed by atoms with Crippen molar-refractivity contribution in [3.05, 3.63) is 34.3 Å². The molecule has 2 heterocycles. The lowest BCUT2D eigenvalue weighted by Crippen LogP contribution is -2.38. The molecule has 1 amide bonds. The second kappa shape index (κ2) is 5.25. The van der Waals surface area contributed by atoms with Crippen molar-refractivity contribution in [2.24, 2.45) is 5.92 Å². The average Bonchev–Trinajstić information content (AvgIpc) is 3.01. The number of carbonyl (C=O) groups is 1. The molecule has 1 aromatic rings. The molecule has 0 aromatic heterocycles. The minimum Gasteiger partial charge on any atom is -0.349 e. The van der Waals surface area contributed by atoms with Crippen molar-refractivity contribution in [3.63, 3.8) is 0 Å². The van der Waals surface area contributed by atoms with Crippen LogP contribution in [0.4, 0.5) is 0 Å². The summed E-state index contributed by atoms with van der Waals surface area (Å²) < 4.78 is 1.05. The molecule has 1 aromatic carbocycles. The van der Waals surface area contributed by atoms with Crippen molar-refractivity contribution in [2.45, 2.75) is 44.3 Å². The summed E-state index contributed by atoms with van der Waals surface area (Å²) in [5.41, 5.74) is 1.13. The maximum Gasteiger partial charge on any atom is 0.225 e. The van der Waals surface area contributed by atoms with Gasteiger partial charge in [0, 0.05) is 16.6 Å². The Morgan fingerprint density at radius 2 is 2.21 bits per heavy atom. The van der Waals surface area contributed by atoms with Gasteiger partial charge in [-0.3, -0.25) is 4.79 Å². The number of benzene rings is 1. The fourth-order valence-corrected chi connectivity index (χ4v) is 3.97. The van der Waals surface area contributed by atoms with Gasteiger partial charge in [0.15, 0.2) is 0 Å². The Balaban J connectivity index is 1.65. The van der Waals surface area contributed by atoms with Crippen LogP contribution >= 0.6 is 15.9 Å². The Kier molecular flexibility index (Phi) is 3.63. The number of carbonyl (C=O) groups excluding carboxylic acids is 1. The monoisotopic (exact) mass is 322 g/mol. The molecule has 2 fully saturated rings. The average molecular weight is 323 g/mol. The SMILES string of the molecule is CC(NC(=O)C1CC2CCC1N2)c1ccccc1Br. The topological polar surface area (TPSA) is 41.1 Å². The lowest BCUT2D eigenvalue weighted by molar-refractivity contribution is -0.126. The van der Waals surface area contributed by atoms with E-state index in [0.717, 1.165) is 22.9 Å². The highest BCUT2D eigenvalue weighted by Crippen LogP contribution is 2.34. The number of halogens is 1. The normalized spacial score (nSPS) is 30.3. The van der Waals surface area contributed by atoms with Gasteiger partial charge in [-0.25, -0.2) is 0 Å². The first kappa shape index (κ1) is 13.1. The van der Waals surface area contributed by atoms with Crippen LogP contribution in [-0.2, 0) is 4.79 Å². The summed E-state index contributed by atoms with van der Waals surface area (Å²) in [5.74, 6) is 0.353. The zero-order valence-electron chi connectivity index (χ0n) is 11.0. The van der Waals surface area contributed by atoms with Gasteiger partial charge in [-0.1, -0.05) is 34.1 Å². The molecular weight excluding hydrogens is 304 g/mol. The largest absolute Gasteiger partial charge is 0.349 e. The summed E-state index contributed by atoms with van der Waals surface area (Å²) in [6.45, 7) is 2.04. The summed E-state index contributed by atoms with van der Waals surface area (Å²) in [4.78, 5) is 12.4. The third-order valence-electron chi connectivity index (χ3n) is 4.37. The fraction of sp³-hybridized carbons (Fsp3) is 0.533. The quantitative estimate of drug-likeness (QED) is 0.898. The summed E-state index contributed by atoms with van der Waals surface area (Å²) in [5, 5.41) is 6.67. The minimum absolute atomic E-state index is 0.0437. The number of hydrogen-bond acceptors (Lipinski definition) is 2. The first-order chi connectivity index (χ1) is 9.15. The third-order valence-corrected chi connectivity index (χ3v) is 5.09. The Morgan fingerprint density at radius 1 is 1.42 bits per heavy atom. The van der Waals surface area contributed by atoms with Gasteiger partial charge in [-0.05, 0) is 37.8 Å². The second-order valence-corrected chi connectivity index (χ2v) is 6.50. The van der Waals surface area contributed by atoms with Gasteiger partial charge < -0.3 is 10.6 Å². The van der Waals surface area contributed by atoms with Gasteiger partial charge in [-0.15, -0.1) is 0 Å². The molecule has 0 aliphatic carbocycles. The smallest absolute Gasteiger partial charge is 0.225 e. The number of hydrogen-bond donors (Lipinski definition) is 2. The van der Waals surface area contributed by atoms with E-state index in [0.29, 0.717) is 12.1 Å². The standard InChI is InChI=1S/C15H19BrN2O/c1-9(11-4-2-3-5-13(11)16)17-15(19)12-8-10-6-7-14(12)18-10/h2-5,9-10,12,14,18H,6-8H2,1H3,(H,17,19). The molecule has 0 saturated carbocycles. The molecule has 0 spiro atoms. The van der Waals surface area contributed by atoms with E-state index in [4.69, 9.17) is 0 Å². The zero-order valence-corrected chi connectivity index (χ0v) is 12.6. The van der Waals surface area contributed by atoms with E-state index in [1.54, 1.807) is 0 Å². The van der Waals surface area contributed by atoms with E-state index >= 15 is 0 Å². The van der Waals surface area contributed by atoms with Crippen LogP contribution in [0, 0.1) is 5.92 Å². The Morgan fingerprint density at radius 3 is 2.84 bits per heavy atom. The molecular formula is C15H19BrN2O. The third kappa shape index (κ3) is 2.56.